The van der Waals surface area contributed by atoms with E-state index in [9.17, 15) is 14.4 Å². The summed E-state index contributed by atoms with van der Waals surface area (Å²) in [6.07, 6.45) is 3.80. The van der Waals surface area contributed by atoms with E-state index >= 15 is 0 Å². The smallest absolute Gasteiger partial charge is 0.326 e. The van der Waals surface area contributed by atoms with Crippen molar-refractivity contribution in [3.63, 3.8) is 0 Å². The lowest BCUT2D eigenvalue weighted by atomic mass is 9.87. The number of hydrogen-bond acceptors (Lipinski definition) is 5. The van der Waals surface area contributed by atoms with Crippen LogP contribution in [0.1, 0.15) is 60.9 Å². The molecule has 0 fully saturated rings. The molecule has 0 spiro atoms. The zero-order chi connectivity index (χ0) is 26.0. The maximum absolute atomic E-state index is 12.6. The van der Waals surface area contributed by atoms with Gasteiger partial charge in [-0.25, -0.2) is 4.79 Å². The minimum Gasteiger partial charge on any atom is -0.392 e. The molecule has 5 N–H and O–H groups in total. The Balaban J connectivity index is 1.48. The molecular weight excluding hydrogens is 456 g/mol. The van der Waals surface area contributed by atoms with Crippen molar-refractivity contribution in [2.75, 3.05) is 5.73 Å². The largest absolute Gasteiger partial charge is 0.392 e. The minimum absolute atomic E-state index is 0.113. The minimum atomic E-state index is -0.805. The molecule has 0 radical (unpaired) electrons. The molecule has 2 aromatic carbocycles. The third kappa shape index (κ3) is 5.46. The topological polar surface area (TPSA) is 139 Å². The Hall–Kier alpha value is -4.40. The zero-order valence-corrected chi connectivity index (χ0v) is 20.8. The number of benzene rings is 2. The van der Waals surface area contributed by atoms with Gasteiger partial charge in [0.2, 0.25) is 0 Å². The third-order valence-electron chi connectivity index (χ3n) is 6.07. The second-order valence-electron chi connectivity index (χ2n) is 9.89. The van der Waals surface area contributed by atoms with Gasteiger partial charge < -0.3 is 16.0 Å². The fraction of sp³-hybridized carbons (Fsp3) is 0.259. The summed E-state index contributed by atoms with van der Waals surface area (Å²) in [5.74, 6) is -0.640. The van der Waals surface area contributed by atoms with Crippen LogP contribution >= 0.6 is 0 Å². The number of carbonyl (C=O) groups excluding carboxylic acids is 1. The SMILES string of the molecule is C[C@@H](NC(=O)c1[nH]c(=O)[nH]c(=O)c1N)c1cccc(-c2cnn(Cc3ccc(C(C)(C)C)cc3)c2)c1. The van der Waals surface area contributed by atoms with Crippen LogP contribution in [0.4, 0.5) is 5.69 Å². The Labute approximate surface area is 208 Å². The molecule has 2 aromatic heterocycles. The molecule has 4 rings (SSSR count). The van der Waals surface area contributed by atoms with Gasteiger partial charge in [-0.1, -0.05) is 63.2 Å². The maximum Gasteiger partial charge on any atom is 0.326 e. The highest BCUT2D eigenvalue weighted by Crippen LogP contribution is 2.25. The van der Waals surface area contributed by atoms with Crippen LogP contribution in [0.3, 0.4) is 0 Å². The summed E-state index contributed by atoms with van der Waals surface area (Å²) in [5, 5.41) is 7.29. The summed E-state index contributed by atoms with van der Waals surface area (Å²) < 4.78 is 1.89. The molecule has 9 heteroatoms. The van der Waals surface area contributed by atoms with Gasteiger partial charge in [-0.15, -0.1) is 0 Å². The summed E-state index contributed by atoms with van der Waals surface area (Å²) in [6.45, 7) is 9.05. The number of carbonyl (C=O) groups is 1. The van der Waals surface area contributed by atoms with Gasteiger partial charge in [0.15, 0.2) is 0 Å². The monoisotopic (exact) mass is 486 g/mol. The van der Waals surface area contributed by atoms with Crippen LogP contribution < -0.4 is 22.3 Å². The molecule has 36 heavy (non-hydrogen) atoms. The predicted octanol–water partition coefficient (Wildman–Crippen LogP) is 3.35. The molecule has 9 nitrogen and oxygen atoms in total. The van der Waals surface area contributed by atoms with Gasteiger partial charge in [0.25, 0.3) is 11.5 Å². The van der Waals surface area contributed by atoms with Crippen molar-refractivity contribution in [3.05, 3.63) is 104 Å². The second-order valence-corrected chi connectivity index (χ2v) is 9.89. The summed E-state index contributed by atoms with van der Waals surface area (Å²) in [5.41, 5.74) is 8.78. The summed E-state index contributed by atoms with van der Waals surface area (Å²) in [7, 11) is 0. The van der Waals surface area contributed by atoms with Crippen LogP contribution in [0.5, 0.6) is 0 Å². The first-order chi connectivity index (χ1) is 17.0. The van der Waals surface area contributed by atoms with Gasteiger partial charge in [-0.3, -0.25) is 19.3 Å². The number of hydrogen-bond donors (Lipinski definition) is 4. The number of nitrogen functional groups attached to an aromatic ring is 1. The second kappa shape index (κ2) is 9.69. The zero-order valence-electron chi connectivity index (χ0n) is 20.8. The number of rotatable bonds is 6. The molecule has 0 saturated heterocycles. The highest BCUT2D eigenvalue weighted by Gasteiger charge is 2.18. The number of nitrogens with two attached hydrogens (primary N) is 1. The van der Waals surface area contributed by atoms with Crippen molar-refractivity contribution in [3.8, 4) is 11.1 Å². The van der Waals surface area contributed by atoms with Crippen molar-refractivity contribution >= 4 is 11.6 Å². The number of nitrogens with zero attached hydrogens (tertiary/aromatic N) is 2. The Bertz CT molecular complexity index is 1510. The lowest BCUT2D eigenvalue weighted by Gasteiger charge is -2.19. The number of aromatic nitrogens is 4. The van der Waals surface area contributed by atoms with Gasteiger partial charge in [-0.05, 0) is 40.7 Å². The first kappa shape index (κ1) is 24.7. The van der Waals surface area contributed by atoms with E-state index in [2.05, 4.69) is 60.4 Å². The number of amides is 1. The maximum atomic E-state index is 12.6. The molecule has 2 heterocycles. The van der Waals surface area contributed by atoms with E-state index in [1.54, 1.807) is 0 Å². The standard InChI is InChI=1S/C27H30N6O3/c1-16(30-25(35)23-22(28)24(34)32-26(36)31-23)18-6-5-7-19(12-18)20-13-29-33(15-20)14-17-8-10-21(11-9-17)27(2,3)4/h5-13,15-16H,14,28H2,1-4H3,(H,30,35)(H2,31,32,34,36)/t16-/m1/s1. The number of nitrogens with one attached hydrogen (secondary N) is 3. The van der Waals surface area contributed by atoms with Crippen LogP contribution in [0.2, 0.25) is 0 Å². The first-order valence-electron chi connectivity index (χ1n) is 11.7. The third-order valence-corrected chi connectivity index (χ3v) is 6.07. The van der Waals surface area contributed by atoms with Crippen molar-refractivity contribution < 1.29 is 4.79 Å². The summed E-state index contributed by atoms with van der Waals surface area (Å²) >= 11 is 0. The fourth-order valence-electron chi connectivity index (χ4n) is 3.91. The quantitative estimate of drug-likeness (QED) is 0.331. The molecule has 1 amide bonds. The molecule has 4 aromatic rings. The highest BCUT2D eigenvalue weighted by molar-refractivity contribution is 5.97. The van der Waals surface area contributed by atoms with E-state index in [4.69, 9.17) is 5.73 Å². The fourth-order valence-corrected chi connectivity index (χ4v) is 3.91. The molecule has 0 unspecified atom stereocenters. The molecule has 0 aliphatic heterocycles. The van der Waals surface area contributed by atoms with Crippen molar-refractivity contribution in [2.45, 2.75) is 45.7 Å². The normalized spacial score (nSPS) is 12.3. The average molecular weight is 487 g/mol. The number of aromatic amines is 2. The van der Waals surface area contributed by atoms with Crippen LogP contribution in [-0.4, -0.2) is 25.7 Å². The summed E-state index contributed by atoms with van der Waals surface area (Å²) in [6, 6.07) is 15.9. The van der Waals surface area contributed by atoms with E-state index in [-0.39, 0.29) is 16.8 Å². The van der Waals surface area contributed by atoms with Gasteiger partial charge in [0, 0.05) is 11.8 Å². The highest BCUT2D eigenvalue weighted by atomic mass is 16.2. The van der Waals surface area contributed by atoms with Gasteiger partial charge >= 0.3 is 5.69 Å². The lowest BCUT2D eigenvalue weighted by Crippen LogP contribution is -2.34. The summed E-state index contributed by atoms with van der Waals surface area (Å²) in [4.78, 5) is 40.2. The molecule has 1 atom stereocenters. The Morgan fingerprint density at radius 2 is 1.81 bits per heavy atom. The van der Waals surface area contributed by atoms with Gasteiger partial charge in [0.05, 0.1) is 18.8 Å². The lowest BCUT2D eigenvalue weighted by molar-refractivity contribution is 0.0935. The average Bonchev–Trinajstić information content (AvgIpc) is 3.29. The molecule has 0 aliphatic carbocycles. The van der Waals surface area contributed by atoms with E-state index in [0.29, 0.717) is 6.54 Å². The molecule has 0 bridgehead atoms. The Kier molecular flexibility index (Phi) is 6.65. The van der Waals surface area contributed by atoms with Crippen molar-refractivity contribution in [2.24, 2.45) is 0 Å². The van der Waals surface area contributed by atoms with E-state index in [0.717, 1.165) is 16.7 Å². The Morgan fingerprint density at radius 1 is 1.08 bits per heavy atom. The van der Waals surface area contributed by atoms with E-state index in [1.165, 1.54) is 11.1 Å². The molecular formula is C27H30N6O3. The predicted molar refractivity (Wildman–Crippen MR) is 140 cm³/mol. The van der Waals surface area contributed by atoms with Gasteiger partial charge in [0.1, 0.15) is 11.4 Å². The Morgan fingerprint density at radius 3 is 2.50 bits per heavy atom. The van der Waals surface area contributed by atoms with Crippen LogP contribution in [0.25, 0.3) is 11.1 Å². The molecule has 186 valence electrons. The first-order valence-corrected chi connectivity index (χ1v) is 11.7. The van der Waals surface area contributed by atoms with Crippen LogP contribution in [-0.2, 0) is 12.0 Å². The number of anilines is 1. The van der Waals surface area contributed by atoms with Gasteiger partial charge in [-0.2, -0.15) is 5.10 Å². The van der Waals surface area contributed by atoms with E-state index < -0.39 is 23.2 Å². The van der Waals surface area contributed by atoms with Crippen molar-refractivity contribution in [1.82, 2.24) is 25.1 Å². The van der Waals surface area contributed by atoms with Crippen LogP contribution in [0.15, 0.2) is 70.5 Å². The van der Waals surface area contributed by atoms with Crippen LogP contribution in [0, 0.1) is 0 Å². The molecule has 0 aliphatic rings. The molecule has 0 saturated carbocycles. The van der Waals surface area contributed by atoms with E-state index in [1.807, 2.05) is 53.2 Å². The number of H-pyrrole nitrogens is 2. The van der Waals surface area contributed by atoms with Crippen molar-refractivity contribution in [1.29, 1.82) is 0 Å².